The van der Waals surface area contributed by atoms with Gasteiger partial charge in [0.2, 0.25) is 0 Å². The third-order valence-corrected chi connectivity index (χ3v) is 4.03. The van der Waals surface area contributed by atoms with Crippen molar-refractivity contribution in [3.05, 3.63) is 18.5 Å². The Morgan fingerprint density at radius 1 is 1.42 bits per heavy atom. The number of nitrogens with one attached hydrogen (secondary N) is 1. The van der Waals surface area contributed by atoms with Crippen molar-refractivity contribution in [2.45, 2.75) is 30.5 Å². The molecule has 0 saturated carbocycles. The number of aliphatic hydroxyl groups excluding tert-OH is 1. The summed E-state index contributed by atoms with van der Waals surface area (Å²) >= 11 is 1.55. The fourth-order valence-corrected chi connectivity index (χ4v) is 2.92. The molecule has 1 aliphatic rings. The van der Waals surface area contributed by atoms with Gasteiger partial charge in [0.25, 0.3) is 0 Å². The molecule has 0 spiro atoms. The van der Waals surface area contributed by atoms with E-state index >= 15 is 0 Å². The lowest BCUT2D eigenvalue weighted by atomic mass is 9.97. The highest BCUT2D eigenvalue weighted by Crippen LogP contribution is 2.27. The Labute approximate surface area is 124 Å². The number of hydrogen-bond donors (Lipinski definition) is 2. The number of aromatic nitrogens is 3. The van der Waals surface area contributed by atoms with Crippen LogP contribution in [0.5, 0.6) is 0 Å². The molecule has 2 heterocycles. The monoisotopic (exact) mass is 304 g/mol. The molecule has 1 aromatic rings. The van der Waals surface area contributed by atoms with Crippen LogP contribution in [-0.4, -0.2) is 45.3 Å². The molecule has 7 heteroatoms. The normalized spacial score (nSPS) is 16.1. The summed E-state index contributed by atoms with van der Waals surface area (Å²) in [7, 11) is 0. The minimum absolute atomic E-state index is 0. The van der Waals surface area contributed by atoms with E-state index in [2.05, 4.69) is 26.7 Å². The van der Waals surface area contributed by atoms with Crippen LogP contribution in [-0.2, 0) is 6.54 Å². The maximum absolute atomic E-state index is 8.90. The molecule has 1 aliphatic heterocycles. The lowest BCUT2D eigenvalue weighted by Gasteiger charge is -2.22. The van der Waals surface area contributed by atoms with Crippen LogP contribution in [0.4, 0.5) is 0 Å². The minimum atomic E-state index is 0. The number of hydrogen-bond acceptors (Lipinski definition) is 5. The van der Waals surface area contributed by atoms with Crippen molar-refractivity contribution in [2.24, 2.45) is 0 Å². The van der Waals surface area contributed by atoms with Crippen LogP contribution in [0.1, 0.15) is 24.6 Å². The van der Waals surface area contributed by atoms with Crippen LogP contribution in [0.15, 0.2) is 17.8 Å². The van der Waals surface area contributed by atoms with Gasteiger partial charge in [0.1, 0.15) is 5.82 Å². The lowest BCUT2D eigenvalue weighted by molar-refractivity contribution is 0.322. The largest absolute Gasteiger partial charge is 0.396 e. The average Bonchev–Trinajstić information content (AvgIpc) is 2.81. The molecule has 1 fully saturated rings. The standard InChI is InChI=1S/C12H20N4OS.ClH/c1-2-7-16-11(10-3-5-13-6-4-10)14-15-12(16)18-9-8-17;/h2,10,13,17H,1,3-9H2;1H. The predicted octanol–water partition coefficient (Wildman–Crippen LogP) is 1.44. The molecule has 0 aliphatic carbocycles. The molecular formula is C12H21ClN4OS. The first kappa shape index (κ1) is 16.5. The van der Waals surface area contributed by atoms with Gasteiger partial charge in [-0.05, 0) is 25.9 Å². The summed E-state index contributed by atoms with van der Waals surface area (Å²) in [6, 6.07) is 0. The minimum Gasteiger partial charge on any atom is -0.396 e. The van der Waals surface area contributed by atoms with Crippen LogP contribution >= 0.6 is 24.2 Å². The van der Waals surface area contributed by atoms with Gasteiger partial charge >= 0.3 is 0 Å². The molecule has 0 aromatic carbocycles. The maximum atomic E-state index is 8.90. The predicted molar refractivity (Wildman–Crippen MR) is 80.1 cm³/mol. The molecule has 2 rings (SSSR count). The number of nitrogens with zero attached hydrogens (tertiary/aromatic N) is 3. The number of allylic oxidation sites excluding steroid dienone is 1. The summed E-state index contributed by atoms with van der Waals surface area (Å²) in [4.78, 5) is 0. The van der Waals surface area contributed by atoms with E-state index in [0.717, 1.165) is 43.5 Å². The first-order valence-electron chi connectivity index (χ1n) is 6.35. The van der Waals surface area contributed by atoms with Gasteiger partial charge in [0.15, 0.2) is 5.16 Å². The topological polar surface area (TPSA) is 63.0 Å². The van der Waals surface area contributed by atoms with Gasteiger partial charge < -0.3 is 15.0 Å². The smallest absolute Gasteiger partial charge is 0.191 e. The van der Waals surface area contributed by atoms with E-state index in [9.17, 15) is 0 Å². The summed E-state index contributed by atoms with van der Waals surface area (Å²) in [5, 5.41) is 21.7. The van der Waals surface area contributed by atoms with Crippen LogP contribution in [0.3, 0.4) is 0 Å². The van der Waals surface area contributed by atoms with Gasteiger partial charge in [-0.15, -0.1) is 29.2 Å². The molecule has 1 aromatic heterocycles. The highest BCUT2D eigenvalue weighted by atomic mass is 35.5. The van der Waals surface area contributed by atoms with Crippen molar-refractivity contribution in [1.29, 1.82) is 0 Å². The Bertz CT molecular complexity index is 393. The number of aliphatic hydroxyl groups is 1. The van der Waals surface area contributed by atoms with E-state index in [1.807, 2.05) is 6.08 Å². The zero-order valence-corrected chi connectivity index (χ0v) is 12.5. The molecular weight excluding hydrogens is 284 g/mol. The van der Waals surface area contributed by atoms with Gasteiger partial charge in [-0.3, -0.25) is 0 Å². The van der Waals surface area contributed by atoms with Gasteiger partial charge in [0, 0.05) is 18.2 Å². The van der Waals surface area contributed by atoms with Crippen molar-refractivity contribution < 1.29 is 5.11 Å². The quantitative estimate of drug-likeness (QED) is 0.615. The Hall–Kier alpha value is -0.560. The molecule has 1 saturated heterocycles. The fourth-order valence-electron chi connectivity index (χ4n) is 2.23. The van der Waals surface area contributed by atoms with Crippen molar-refractivity contribution in [1.82, 2.24) is 20.1 Å². The van der Waals surface area contributed by atoms with Crippen LogP contribution in [0.2, 0.25) is 0 Å². The summed E-state index contributed by atoms with van der Waals surface area (Å²) in [5.74, 6) is 2.21. The van der Waals surface area contributed by atoms with Crippen molar-refractivity contribution in [2.75, 3.05) is 25.4 Å². The summed E-state index contributed by atoms with van der Waals surface area (Å²) in [6.07, 6.45) is 4.09. The van der Waals surface area contributed by atoms with E-state index < -0.39 is 0 Å². The average molecular weight is 305 g/mol. The SMILES string of the molecule is C=CCn1c(SCCO)nnc1C1CCNCC1.Cl. The van der Waals surface area contributed by atoms with E-state index in [4.69, 9.17) is 5.11 Å². The molecule has 2 N–H and O–H groups in total. The molecule has 0 atom stereocenters. The zero-order chi connectivity index (χ0) is 12.8. The van der Waals surface area contributed by atoms with Gasteiger partial charge in [0.05, 0.1) is 6.61 Å². The number of piperidine rings is 1. The van der Waals surface area contributed by atoms with Gasteiger partial charge in [-0.25, -0.2) is 0 Å². The first-order chi connectivity index (χ1) is 8.86. The third kappa shape index (κ3) is 4.21. The Morgan fingerprint density at radius 3 is 2.79 bits per heavy atom. The van der Waals surface area contributed by atoms with E-state index in [1.165, 1.54) is 0 Å². The first-order valence-corrected chi connectivity index (χ1v) is 7.33. The van der Waals surface area contributed by atoms with Crippen molar-refractivity contribution >= 4 is 24.2 Å². The van der Waals surface area contributed by atoms with E-state index in [1.54, 1.807) is 11.8 Å². The Kier molecular flexibility index (Phi) is 7.45. The number of rotatable bonds is 6. The van der Waals surface area contributed by atoms with Crippen LogP contribution in [0.25, 0.3) is 0 Å². The Morgan fingerprint density at radius 2 is 2.16 bits per heavy atom. The Balaban J connectivity index is 0.00000180. The summed E-state index contributed by atoms with van der Waals surface area (Å²) in [6.45, 7) is 6.79. The number of thioether (sulfide) groups is 1. The molecule has 5 nitrogen and oxygen atoms in total. The lowest BCUT2D eigenvalue weighted by Crippen LogP contribution is -2.28. The van der Waals surface area contributed by atoms with Crippen molar-refractivity contribution in [3.63, 3.8) is 0 Å². The highest BCUT2D eigenvalue weighted by Gasteiger charge is 2.22. The second kappa shape index (κ2) is 8.58. The third-order valence-electron chi connectivity index (χ3n) is 3.08. The highest BCUT2D eigenvalue weighted by molar-refractivity contribution is 7.99. The van der Waals surface area contributed by atoms with Gasteiger partial charge in [-0.2, -0.15) is 0 Å². The molecule has 0 bridgehead atoms. The summed E-state index contributed by atoms with van der Waals surface area (Å²) < 4.78 is 2.13. The van der Waals surface area contributed by atoms with Crippen molar-refractivity contribution in [3.8, 4) is 0 Å². The fraction of sp³-hybridized carbons (Fsp3) is 0.667. The molecule has 0 amide bonds. The molecule has 0 radical (unpaired) electrons. The molecule has 0 unspecified atom stereocenters. The number of halogens is 1. The summed E-state index contributed by atoms with van der Waals surface area (Å²) in [5.41, 5.74) is 0. The van der Waals surface area contributed by atoms with E-state index in [-0.39, 0.29) is 19.0 Å². The maximum Gasteiger partial charge on any atom is 0.191 e. The second-order valence-electron chi connectivity index (χ2n) is 4.34. The second-order valence-corrected chi connectivity index (χ2v) is 5.40. The van der Waals surface area contributed by atoms with Crippen LogP contribution < -0.4 is 5.32 Å². The van der Waals surface area contributed by atoms with Gasteiger partial charge in [-0.1, -0.05) is 17.8 Å². The van der Waals surface area contributed by atoms with E-state index in [0.29, 0.717) is 11.7 Å². The zero-order valence-electron chi connectivity index (χ0n) is 10.9. The molecule has 108 valence electrons. The molecule has 19 heavy (non-hydrogen) atoms. The van der Waals surface area contributed by atoms with Crippen LogP contribution in [0, 0.1) is 0 Å².